The molecule has 0 radical (unpaired) electrons. The van der Waals surface area contributed by atoms with E-state index in [0.29, 0.717) is 18.4 Å². The van der Waals surface area contributed by atoms with E-state index in [2.05, 4.69) is 17.2 Å². The number of carbonyl (C=O) groups is 1. The zero-order chi connectivity index (χ0) is 12.7. The molecule has 0 bridgehead atoms. The Hall–Kier alpha value is -0.343. The maximum Gasteiger partial charge on any atom is 1.00 e. The van der Waals surface area contributed by atoms with Crippen LogP contribution in [-0.4, -0.2) is 37.4 Å². The number of unbranched alkanes of at least 4 members (excludes halogenated alkanes) is 1. The van der Waals surface area contributed by atoms with Gasteiger partial charge in [-0.3, -0.25) is 4.99 Å². The summed E-state index contributed by atoms with van der Waals surface area (Å²) in [5, 5.41) is 13.7. The van der Waals surface area contributed by atoms with Crippen molar-refractivity contribution >= 4 is 12.2 Å². The fraction of sp³-hybridized carbons (Fsp3) is 0.833. The van der Waals surface area contributed by atoms with Crippen molar-refractivity contribution in [3.05, 3.63) is 0 Å². The number of carbonyl (C=O) groups excluding carboxylic acids is 1. The number of hydrogen-bond donors (Lipinski definition) is 2. The Morgan fingerprint density at radius 3 is 2.89 bits per heavy atom. The number of hydrogen-bond acceptors (Lipinski definition) is 5. The number of nitrogens with zero attached hydrogens (tertiary/aromatic N) is 1. The Morgan fingerprint density at radius 2 is 2.33 bits per heavy atom. The second-order valence-electron chi connectivity index (χ2n) is 4.74. The summed E-state index contributed by atoms with van der Waals surface area (Å²) in [6.45, 7) is 4.00. The van der Waals surface area contributed by atoms with Crippen LogP contribution >= 0.6 is 0 Å². The Labute approximate surface area is 121 Å². The minimum Gasteiger partial charge on any atom is -0.548 e. The van der Waals surface area contributed by atoms with E-state index in [1.165, 1.54) is 0 Å². The van der Waals surface area contributed by atoms with Gasteiger partial charge in [-0.1, -0.05) is 13.3 Å². The van der Waals surface area contributed by atoms with Gasteiger partial charge in [-0.15, -0.1) is 0 Å². The molecule has 0 unspecified atom stereocenters. The van der Waals surface area contributed by atoms with Crippen molar-refractivity contribution in [3.63, 3.8) is 0 Å². The van der Waals surface area contributed by atoms with Gasteiger partial charge in [-0.2, -0.15) is 0 Å². The van der Waals surface area contributed by atoms with Crippen molar-refractivity contribution in [3.8, 4) is 0 Å². The van der Waals surface area contributed by atoms with Crippen molar-refractivity contribution in [2.75, 3.05) is 13.1 Å². The van der Waals surface area contributed by atoms with Crippen molar-refractivity contribution in [2.24, 2.45) is 16.6 Å². The summed E-state index contributed by atoms with van der Waals surface area (Å²) < 4.78 is 0. The molecule has 0 saturated heterocycles. The van der Waals surface area contributed by atoms with E-state index in [9.17, 15) is 9.90 Å². The topological polar surface area (TPSA) is 90.5 Å². The SMILES string of the molecule is C[C@@H]1CC=N[C@H]1CNCCCC[C@H](N)C(=O)[O-].[Li+]. The molecule has 0 fully saturated rings. The summed E-state index contributed by atoms with van der Waals surface area (Å²) in [5.41, 5.74) is 5.35. The van der Waals surface area contributed by atoms with Gasteiger partial charge in [0.2, 0.25) is 0 Å². The summed E-state index contributed by atoms with van der Waals surface area (Å²) >= 11 is 0. The molecule has 6 heteroatoms. The molecule has 1 aliphatic heterocycles. The molecule has 1 rings (SSSR count). The van der Waals surface area contributed by atoms with E-state index < -0.39 is 12.0 Å². The molecule has 3 N–H and O–H groups in total. The number of carboxylic acids is 1. The third-order valence-electron chi connectivity index (χ3n) is 3.21. The standard InChI is InChI=1S/C12H23N3O2.Li/c1-9-5-7-15-11(9)8-14-6-3-2-4-10(13)12(16)17;/h7,9-11,14H,2-6,8,13H2,1H3,(H,16,17);/q;+1/p-1/t9-,10+,11+;/m1./s1. The van der Waals surface area contributed by atoms with Gasteiger partial charge < -0.3 is 21.0 Å². The predicted molar refractivity (Wildman–Crippen MR) is 65.8 cm³/mol. The van der Waals surface area contributed by atoms with Crippen LogP contribution in [0.25, 0.3) is 0 Å². The summed E-state index contributed by atoms with van der Waals surface area (Å²) in [6.07, 6.45) is 5.31. The molecule has 0 aromatic heterocycles. The van der Waals surface area contributed by atoms with Gasteiger partial charge in [0, 0.05) is 12.6 Å². The van der Waals surface area contributed by atoms with E-state index in [1.807, 2.05) is 6.21 Å². The maximum absolute atomic E-state index is 10.4. The second-order valence-corrected chi connectivity index (χ2v) is 4.74. The molecule has 3 atom stereocenters. The number of aliphatic imine (C=N–C) groups is 1. The molecule has 0 amide bonds. The normalized spacial score (nSPS) is 23.7. The molecule has 18 heavy (non-hydrogen) atoms. The van der Waals surface area contributed by atoms with E-state index in [4.69, 9.17) is 5.73 Å². The van der Waals surface area contributed by atoms with Gasteiger partial charge in [-0.25, -0.2) is 0 Å². The third kappa shape index (κ3) is 6.55. The van der Waals surface area contributed by atoms with Crippen molar-refractivity contribution in [1.29, 1.82) is 0 Å². The van der Waals surface area contributed by atoms with Crippen LogP contribution in [0.15, 0.2) is 4.99 Å². The van der Waals surface area contributed by atoms with Gasteiger partial charge in [-0.05, 0) is 37.9 Å². The van der Waals surface area contributed by atoms with Crippen LogP contribution < -0.4 is 35.0 Å². The van der Waals surface area contributed by atoms with Crippen LogP contribution in [0.5, 0.6) is 0 Å². The van der Waals surface area contributed by atoms with Crippen molar-refractivity contribution in [1.82, 2.24) is 5.32 Å². The Balaban J connectivity index is 0.00000289. The molecular weight excluding hydrogens is 225 g/mol. The van der Waals surface area contributed by atoms with Crippen LogP contribution in [0.1, 0.15) is 32.6 Å². The van der Waals surface area contributed by atoms with E-state index in [1.54, 1.807) is 0 Å². The van der Waals surface area contributed by atoms with Gasteiger partial charge in [0.25, 0.3) is 0 Å². The fourth-order valence-corrected chi connectivity index (χ4v) is 1.90. The molecule has 0 aromatic carbocycles. The molecule has 0 aromatic rings. The zero-order valence-corrected chi connectivity index (χ0v) is 11.4. The number of carboxylic acid groups (broad SMARTS) is 1. The summed E-state index contributed by atoms with van der Waals surface area (Å²) in [7, 11) is 0. The van der Waals surface area contributed by atoms with Gasteiger partial charge in [0.1, 0.15) is 0 Å². The van der Waals surface area contributed by atoms with Gasteiger partial charge in [0.15, 0.2) is 0 Å². The van der Waals surface area contributed by atoms with Crippen LogP contribution in [0.4, 0.5) is 0 Å². The minimum absolute atomic E-state index is 0. The molecule has 1 aliphatic rings. The van der Waals surface area contributed by atoms with Crippen molar-refractivity contribution < 1.29 is 28.8 Å². The number of aliphatic carboxylic acids is 1. The smallest absolute Gasteiger partial charge is 0.548 e. The first kappa shape index (κ1) is 17.7. The van der Waals surface area contributed by atoms with Crippen molar-refractivity contribution in [2.45, 2.75) is 44.7 Å². The molecule has 98 valence electrons. The average Bonchev–Trinajstić information content (AvgIpc) is 2.68. The summed E-state index contributed by atoms with van der Waals surface area (Å²) in [4.78, 5) is 14.8. The summed E-state index contributed by atoms with van der Waals surface area (Å²) in [5.74, 6) is -0.527. The van der Waals surface area contributed by atoms with E-state index >= 15 is 0 Å². The predicted octanol–water partition coefficient (Wildman–Crippen LogP) is -3.69. The zero-order valence-electron chi connectivity index (χ0n) is 11.4. The molecule has 5 nitrogen and oxygen atoms in total. The summed E-state index contributed by atoms with van der Waals surface area (Å²) in [6, 6.07) is -0.421. The Bertz CT molecular complexity index is 274. The maximum atomic E-state index is 10.4. The molecule has 1 heterocycles. The second kappa shape index (κ2) is 9.57. The first-order chi connectivity index (χ1) is 8.11. The van der Waals surface area contributed by atoms with E-state index in [0.717, 1.165) is 32.4 Å². The molecule has 0 saturated carbocycles. The number of nitrogens with two attached hydrogens (primary N) is 1. The minimum atomic E-state index is -1.16. The van der Waals surface area contributed by atoms with Crippen LogP contribution in [0.3, 0.4) is 0 Å². The molecular formula is C12H22LiN3O2. The number of nitrogens with one attached hydrogen (secondary N) is 1. The monoisotopic (exact) mass is 247 g/mol. The van der Waals surface area contributed by atoms with Crippen LogP contribution in [-0.2, 0) is 4.79 Å². The Morgan fingerprint density at radius 1 is 1.61 bits per heavy atom. The molecule has 0 spiro atoms. The first-order valence-corrected chi connectivity index (χ1v) is 6.30. The molecule has 0 aliphatic carbocycles. The van der Waals surface area contributed by atoms with Gasteiger partial charge in [0.05, 0.1) is 12.0 Å². The van der Waals surface area contributed by atoms with Crippen LogP contribution in [0.2, 0.25) is 0 Å². The van der Waals surface area contributed by atoms with Crippen LogP contribution in [0, 0.1) is 5.92 Å². The number of rotatable bonds is 8. The van der Waals surface area contributed by atoms with Gasteiger partial charge >= 0.3 is 18.9 Å². The largest absolute Gasteiger partial charge is 1.00 e. The first-order valence-electron chi connectivity index (χ1n) is 6.30. The van der Waals surface area contributed by atoms with E-state index in [-0.39, 0.29) is 18.9 Å². The fourth-order valence-electron chi connectivity index (χ4n) is 1.90. The Kier molecular flexibility index (Phi) is 9.39. The average molecular weight is 247 g/mol. The third-order valence-corrected chi connectivity index (χ3v) is 3.21. The quantitative estimate of drug-likeness (QED) is 0.341.